The van der Waals surface area contributed by atoms with Crippen LogP contribution in [0.1, 0.15) is 39.9 Å². The Hall–Kier alpha value is -3.14. The van der Waals surface area contributed by atoms with Gasteiger partial charge in [0.15, 0.2) is 5.82 Å². The molecular formula is C17H23F3N6O4. The molecule has 0 bridgehead atoms. The molecule has 1 aromatic rings. The number of hydrogen-bond donors (Lipinski definition) is 1. The number of hydrogen-bond acceptors (Lipinski definition) is 9. The zero-order chi connectivity index (χ0) is 23.1. The molecule has 0 fully saturated rings. The largest absolute Gasteiger partial charge is 0.493 e. The summed E-state index contributed by atoms with van der Waals surface area (Å²) in [6.45, 7) is 6.41. The van der Waals surface area contributed by atoms with Gasteiger partial charge in [-0.1, -0.05) is 13.8 Å². The number of carbonyl (C=O) groups excluding carboxylic acids is 2. The van der Waals surface area contributed by atoms with Crippen molar-refractivity contribution in [2.75, 3.05) is 18.1 Å². The molecule has 0 unspecified atom stereocenters. The molecule has 0 aromatic carbocycles. The van der Waals surface area contributed by atoms with Crippen LogP contribution in [0.4, 0.5) is 23.8 Å². The van der Waals surface area contributed by atoms with Crippen LogP contribution in [0.2, 0.25) is 0 Å². The van der Waals surface area contributed by atoms with Crippen LogP contribution in [0.5, 0.6) is 0 Å². The summed E-state index contributed by atoms with van der Waals surface area (Å²) >= 11 is 0. The molecular weight excluding hydrogens is 409 g/mol. The highest BCUT2D eigenvalue weighted by atomic mass is 19.4. The van der Waals surface area contributed by atoms with Gasteiger partial charge in [0.1, 0.15) is 11.7 Å². The van der Waals surface area contributed by atoms with Crippen LogP contribution in [0.15, 0.2) is 12.3 Å². The number of aromatic nitrogens is 2. The van der Waals surface area contributed by atoms with E-state index in [4.69, 9.17) is 15.7 Å². The number of anilines is 1. The van der Waals surface area contributed by atoms with Crippen LogP contribution in [0.3, 0.4) is 0 Å². The zero-order valence-electron chi connectivity index (χ0n) is 16.9. The SMILES string of the molecule is CC(C)CN(c1ccnc(C#N)n1)N(OC(=O)C(F)(F)F)C(=O)OC(C)(C)CCN. The van der Waals surface area contributed by atoms with Crippen molar-refractivity contribution >= 4 is 17.9 Å². The summed E-state index contributed by atoms with van der Waals surface area (Å²) in [6, 6.07) is 2.91. The molecule has 10 nitrogen and oxygen atoms in total. The second-order valence-corrected chi connectivity index (χ2v) is 7.14. The van der Waals surface area contributed by atoms with Crippen molar-refractivity contribution in [3.63, 3.8) is 0 Å². The van der Waals surface area contributed by atoms with Crippen molar-refractivity contribution in [3.8, 4) is 6.07 Å². The number of rotatable bonds is 7. The maximum atomic E-state index is 12.8. The first kappa shape index (κ1) is 24.9. The van der Waals surface area contributed by atoms with Gasteiger partial charge in [-0.05, 0) is 37.9 Å². The Kier molecular flexibility index (Phi) is 8.35. The Morgan fingerprint density at radius 3 is 2.47 bits per heavy atom. The molecule has 13 heteroatoms. The fourth-order valence-electron chi connectivity index (χ4n) is 2.14. The number of hydroxylamine groups is 1. The van der Waals surface area contributed by atoms with Gasteiger partial charge in [-0.15, -0.1) is 0 Å². The smallest absolute Gasteiger partial charge is 0.440 e. The Labute approximate surface area is 171 Å². The molecule has 1 heterocycles. The Balaban J connectivity index is 3.42. The van der Waals surface area contributed by atoms with Crippen molar-refractivity contribution < 1.29 is 32.3 Å². The molecule has 0 aliphatic rings. The minimum atomic E-state index is -5.38. The van der Waals surface area contributed by atoms with Gasteiger partial charge >= 0.3 is 18.2 Å². The van der Waals surface area contributed by atoms with Gasteiger partial charge < -0.3 is 15.3 Å². The molecule has 0 atom stereocenters. The lowest BCUT2D eigenvalue weighted by molar-refractivity contribution is -0.235. The number of carbonyl (C=O) groups is 2. The Morgan fingerprint density at radius 1 is 1.33 bits per heavy atom. The minimum Gasteiger partial charge on any atom is -0.440 e. The van der Waals surface area contributed by atoms with Gasteiger partial charge in [-0.2, -0.15) is 23.4 Å². The molecule has 0 aliphatic heterocycles. The summed E-state index contributed by atoms with van der Waals surface area (Å²) in [7, 11) is 0. The Morgan fingerprint density at radius 2 is 1.97 bits per heavy atom. The van der Waals surface area contributed by atoms with Crippen molar-refractivity contribution in [3.05, 3.63) is 18.1 Å². The normalized spacial score (nSPS) is 11.6. The number of alkyl halides is 3. The standard InChI is InChI=1S/C17H23F3N6O4/c1-11(2)10-25(13-5-8-23-12(9-22)24-13)26(30-14(27)17(18,19)20)15(28)29-16(3,4)6-7-21/h5,8,11H,6-7,10,21H2,1-4H3. The summed E-state index contributed by atoms with van der Waals surface area (Å²) < 4.78 is 43.7. The summed E-state index contributed by atoms with van der Waals surface area (Å²) in [5.74, 6) is -3.33. The van der Waals surface area contributed by atoms with Crippen LogP contribution in [-0.4, -0.2) is 52.1 Å². The predicted octanol–water partition coefficient (Wildman–Crippen LogP) is 2.31. The van der Waals surface area contributed by atoms with E-state index in [0.717, 1.165) is 5.01 Å². The second-order valence-electron chi connectivity index (χ2n) is 7.14. The van der Waals surface area contributed by atoms with Gasteiger partial charge in [0, 0.05) is 18.8 Å². The van der Waals surface area contributed by atoms with Crippen LogP contribution in [0, 0.1) is 17.2 Å². The van der Waals surface area contributed by atoms with Crippen molar-refractivity contribution in [2.45, 2.75) is 45.9 Å². The maximum Gasteiger partial charge on any atom is 0.493 e. The number of halogens is 3. The number of nitrogens with zero attached hydrogens (tertiary/aromatic N) is 5. The average Bonchev–Trinajstić information content (AvgIpc) is 2.62. The third kappa shape index (κ3) is 7.36. The number of nitrogens with two attached hydrogens (primary N) is 1. The first-order chi connectivity index (χ1) is 13.8. The molecule has 0 spiro atoms. The number of nitriles is 1. The molecule has 0 saturated carbocycles. The lowest BCUT2D eigenvalue weighted by atomic mass is 10.1. The minimum absolute atomic E-state index is 0.0393. The number of ether oxygens (including phenoxy) is 1. The molecule has 0 aliphatic carbocycles. The van der Waals surface area contributed by atoms with Crippen molar-refractivity contribution in [2.24, 2.45) is 11.7 Å². The second kappa shape index (κ2) is 10.1. The molecule has 1 aromatic heterocycles. The molecule has 166 valence electrons. The predicted molar refractivity (Wildman–Crippen MR) is 97.1 cm³/mol. The molecule has 2 N–H and O–H groups in total. The van der Waals surface area contributed by atoms with Gasteiger partial charge in [-0.3, -0.25) is 0 Å². The quantitative estimate of drug-likeness (QED) is 0.644. The van der Waals surface area contributed by atoms with E-state index >= 15 is 0 Å². The topological polar surface area (TPSA) is 135 Å². The molecule has 0 saturated heterocycles. The van der Waals surface area contributed by atoms with E-state index in [2.05, 4.69) is 14.8 Å². The fourth-order valence-corrected chi connectivity index (χ4v) is 2.14. The van der Waals surface area contributed by atoms with Crippen LogP contribution in [-0.2, 0) is 14.4 Å². The van der Waals surface area contributed by atoms with E-state index in [9.17, 15) is 22.8 Å². The summed E-state index contributed by atoms with van der Waals surface area (Å²) in [5, 5.41) is 9.89. The molecule has 30 heavy (non-hydrogen) atoms. The maximum absolute atomic E-state index is 12.8. The fraction of sp³-hybridized carbons (Fsp3) is 0.588. The number of amides is 1. The van der Waals surface area contributed by atoms with Gasteiger partial charge in [0.2, 0.25) is 5.82 Å². The van der Waals surface area contributed by atoms with Crippen molar-refractivity contribution in [1.29, 1.82) is 5.26 Å². The van der Waals surface area contributed by atoms with E-state index in [1.165, 1.54) is 26.1 Å². The van der Waals surface area contributed by atoms with Crippen LogP contribution >= 0.6 is 0 Å². The lowest BCUT2D eigenvalue weighted by Gasteiger charge is -2.35. The molecule has 1 amide bonds. The van der Waals surface area contributed by atoms with E-state index in [-0.39, 0.29) is 42.2 Å². The first-order valence-electron chi connectivity index (χ1n) is 8.83. The van der Waals surface area contributed by atoms with E-state index in [1.54, 1.807) is 19.9 Å². The first-order valence-corrected chi connectivity index (χ1v) is 8.83. The zero-order valence-corrected chi connectivity index (χ0v) is 16.9. The van der Waals surface area contributed by atoms with E-state index in [0.29, 0.717) is 0 Å². The summed E-state index contributed by atoms with van der Waals surface area (Å²) in [5.41, 5.74) is 4.29. The third-order valence-electron chi connectivity index (χ3n) is 3.43. The van der Waals surface area contributed by atoms with Crippen LogP contribution in [0.25, 0.3) is 0 Å². The monoisotopic (exact) mass is 432 g/mol. The van der Waals surface area contributed by atoms with E-state index in [1.807, 2.05) is 0 Å². The lowest BCUT2D eigenvalue weighted by Crippen LogP contribution is -2.53. The summed E-state index contributed by atoms with van der Waals surface area (Å²) in [6.07, 6.45) is -5.42. The van der Waals surface area contributed by atoms with Gasteiger partial charge in [-0.25, -0.2) is 19.6 Å². The van der Waals surface area contributed by atoms with Gasteiger partial charge in [0.05, 0.1) is 0 Å². The average molecular weight is 432 g/mol. The van der Waals surface area contributed by atoms with Crippen molar-refractivity contribution in [1.82, 2.24) is 15.1 Å². The highest BCUT2D eigenvalue weighted by Gasteiger charge is 2.45. The highest BCUT2D eigenvalue weighted by molar-refractivity contribution is 5.78. The Bertz CT molecular complexity index is 794. The van der Waals surface area contributed by atoms with Gasteiger partial charge in [0.25, 0.3) is 0 Å². The third-order valence-corrected chi connectivity index (χ3v) is 3.43. The van der Waals surface area contributed by atoms with E-state index < -0.39 is 23.8 Å². The highest BCUT2D eigenvalue weighted by Crippen LogP contribution is 2.24. The number of hydrazine groups is 1. The summed E-state index contributed by atoms with van der Waals surface area (Å²) in [4.78, 5) is 36.1. The molecule has 0 radical (unpaired) electrons. The van der Waals surface area contributed by atoms with Crippen LogP contribution < -0.4 is 10.7 Å². The molecule has 1 rings (SSSR count).